The fraction of sp³-hybridized carbons (Fsp3) is 0.846. The highest BCUT2D eigenvalue weighted by atomic mass is 28.4. The number of hydrogen-bond acceptors (Lipinski definition) is 2. The van der Waals surface area contributed by atoms with Crippen molar-refractivity contribution in [3.05, 3.63) is 0 Å². The van der Waals surface area contributed by atoms with Crippen LogP contribution in [0.4, 0.5) is 0 Å². The topological polar surface area (TPSA) is 18.5 Å². The zero-order valence-corrected chi connectivity index (χ0v) is 23.9. The summed E-state index contributed by atoms with van der Waals surface area (Å²) in [5.74, 6) is 13.8. The lowest BCUT2D eigenvalue weighted by Crippen LogP contribution is -2.51. The van der Waals surface area contributed by atoms with Gasteiger partial charge in [0.15, 0.2) is 16.6 Å². The van der Waals surface area contributed by atoms with Gasteiger partial charge in [-0.25, -0.2) is 0 Å². The Balaban J connectivity index is 6.25. The highest BCUT2D eigenvalue weighted by molar-refractivity contribution is 6.74. The van der Waals surface area contributed by atoms with E-state index in [1.54, 1.807) is 0 Å². The first kappa shape index (κ1) is 29.5. The molecule has 0 saturated carbocycles. The van der Waals surface area contributed by atoms with Crippen LogP contribution in [-0.2, 0) is 8.85 Å². The first-order valence-corrected chi connectivity index (χ1v) is 17.4. The largest absolute Gasteiger partial charge is 0.412 e. The third kappa shape index (κ3) is 7.87. The molecule has 4 heteroatoms. The van der Waals surface area contributed by atoms with Crippen LogP contribution in [0.5, 0.6) is 0 Å². The summed E-state index contributed by atoms with van der Waals surface area (Å²) >= 11 is 0. The molecular formula is C26H50O2Si2. The fourth-order valence-electron chi connectivity index (χ4n) is 4.71. The van der Waals surface area contributed by atoms with E-state index in [1.165, 1.54) is 0 Å². The van der Waals surface area contributed by atoms with Gasteiger partial charge in [0.2, 0.25) is 0 Å². The van der Waals surface area contributed by atoms with Crippen molar-refractivity contribution in [1.29, 1.82) is 0 Å². The first-order chi connectivity index (χ1) is 14.2. The van der Waals surface area contributed by atoms with Crippen LogP contribution in [0.2, 0.25) is 36.3 Å². The summed E-state index contributed by atoms with van der Waals surface area (Å²) in [6.07, 6.45) is 0.180. The van der Waals surface area contributed by atoms with Crippen LogP contribution < -0.4 is 0 Å². The van der Waals surface area contributed by atoms with Gasteiger partial charge in [0.1, 0.15) is 0 Å². The van der Waals surface area contributed by atoms with E-state index in [2.05, 4.69) is 86.0 Å². The standard InChI is InChI=1S/C26H50O2Si2/c1-12-20-22(9)25(27-29(14-3,15-4)16-5)24(11)26(23(10)21-13-2)28-30(17-6,18-7)19-8/h22-26H,14-19H2,1-11H3/t22-,23-,24?,25-,26+/m1/s1. The molecule has 0 aromatic rings. The monoisotopic (exact) mass is 450 g/mol. The van der Waals surface area contributed by atoms with E-state index in [-0.39, 0.29) is 30.0 Å². The van der Waals surface area contributed by atoms with Crippen molar-refractivity contribution in [2.24, 2.45) is 17.8 Å². The van der Waals surface area contributed by atoms with Gasteiger partial charge in [-0.15, -0.1) is 11.8 Å². The molecule has 0 aliphatic heterocycles. The number of rotatable bonds is 14. The Kier molecular flexibility index (Phi) is 14.3. The summed E-state index contributed by atoms with van der Waals surface area (Å²) in [4.78, 5) is 0. The maximum Gasteiger partial charge on any atom is 0.192 e. The van der Waals surface area contributed by atoms with E-state index in [0.717, 1.165) is 36.3 Å². The summed E-state index contributed by atoms with van der Waals surface area (Å²) < 4.78 is 14.2. The maximum atomic E-state index is 7.11. The van der Waals surface area contributed by atoms with Crippen molar-refractivity contribution in [2.45, 2.75) is 125 Å². The summed E-state index contributed by atoms with van der Waals surface area (Å²) in [6, 6.07) is 6.93. The minimum Gasteiger partial charge on any atom is -0.412 e. The van der Waals surface area contributed by atoms with E-state index in [4.69, 9.17) is 8.85 Å². The zero-order chi connectivity index (χ0) is 23.4. The van der Waals surface area contributed by atoms with Crippen molar-refractivity contribution in [2.75, 3.05) is 0 Å². The highest BCUT2D eigenvalue weighted by Crippen LogP contribution is 2.35. The molecule has 0 spiro atoms. The molecule has 0 heterocycles. The molecule has 0 aromatic heterocycles. The Morgan fingerprint density at radius 1 is 0.567 bits per heavy atom. The smallest absolute Gasteiger partial charge is 0.192 e. The molecule has 0 amide bonds. The fourth-order valence-corrected chi connectivity index (χ4v) is 10.7. The minimum atomic E-state index is -1.77. The molecular weight excluding hydrogens is 400 g/mol. The minimum absolute atomic E-state index is 0.0901. The van der Waals surface area contributed by atoms with Gasteiger partial charge < -0.3 is 8.85 Å². The third-order valence-electron chi connectivity index (χ3n) is 7.40. The Morgan fingerprint density at radius 3 is 1.03 bits per heavy atom. The van der Waals surface area contributed by atoms with Gasteiger partial charge in [0.25, 0.3) is 0 Å². The summed E-state index contributed by atoms with van der Waals surface area (Å²) in [7, 11) is -3.53. The van der Waals surface area contributed by atoms with Gasteiger partial charge in [-0.2, -0.15) is 0 Å². The first-order valence-electron chi connectivity index (χ1n) is 12.4. The average molecular weight is 451 g/mol. The van der Waals surface area contributed by atoms with Gasteiger partial charge in [0, 0.05) is 17.8 Å². The molecule has 0 aliphatic carbocycles. The Morgan fingerprint density at radius 2 is 0.833 bits per heavy atom. The SMILES string of the molecule is CC#C[C@@H](C)[C@H](O[Si](CC)(CC)CC)C(C)[C@H](O[Si](CC)(CC)CC)[C@H](C)C#CC. The van der Waals surface area contributed by atoms with Crippen LogP contribution in [0.15, 0.2) is 0 Å². The van der Waals surface area contributed by atoms with Gasteiger partial charge in [-0.3, -0.25) is 0 Å². The molecule has 5 atom stereocenters. The van der Waals surface area contributed by atoms with Crippen LogP contribution in [0.1, 0.15) is 76.2 Å². The van der Waals surface area contributed by atoms with Crippen LogP contribution in [0.3, 0.4) is 0 Å². The molecule has 1 unspecified atom stereocenters. The van der Waals surface area contributed by atoms with Crippen LogP contribution in [-0.4, -0.2) is 28.8 Å². The molecule has 0 bridgehead atoms. The van der Waals surface area contributed by atoms with Gasteiger partial charge in [-0.1, -0.05) is 60.3 Å². The van der Waals surface area contributed by atoms with Crippen molar-refractivity contribution >= 4 is 16.6 Å². The molecule has 0 rings (SSSR count). The van der Waals surface area contributed by atoms with E-state index in [1.807, 2.05) is 13.8 Å². The molecule has 174 valence electrons. The van der Waals surface area contributed by atoms with Gasteiger partial charge >= 0.3 is 0 Å². The lowest BCUT2D eigenvalue weighted by Gasteiger charge is -2.44. The normalized spacial score (nSPS) is 17.0. The van der Waals surface area contributed by atoms with Gasteiger partial charge in [-0.05, 0) is 64.0 Å². The summed E-state index contributed by atoms with van der Waals surface area (Å²) in [6.45, 7) is 24.5. The van der Waals surface area contributed by atoms with Crippen LogP contribution >= 0.6 is 0 Å². The zero-order valence-electron chi connectivity index (χ0n) is 21.9. The van der Waals surface area contributed by atoms with E-state index < -0.39 is 16.6 Å². The highest BCUT2D eigenvalue weighted by Gasteiger charge is 2.42. The van der Waals surface area contributed by atoms with Crippen molar-refractivity contribution in [3.8, 4) is 23.7 Å². The third-order valence-corrected chi connectivity index (χ3v) is 16.7. The molecule has 0 N–H and O–H groups in total. The second-order valence-electron chi connectivity index (χ2n) is 8.88. The molecule has 2 nitrogen and oxygen atoms in total. The van der Waals surface area contributed by atoms with Crippen molar-refractivity contribution < 1.29 is 8.85 Å². The van der Waals surface area contributed by atoms with Crippen molar-refractivity contribution in [3.63, 3.8) is 0 Å². The molecule has 0 radical (unpaired) electrons. The molecule has 0 fully saturated rings. The predicted octanol–water partition coefficient (Wildman–Crippen LogP) is 7.72. The summed E-state index contributed by atoms with van der Waals surface area (Å²) in [5.41, 5.74) is 0. The predicted molar refractivity (Wildman–Crippen MR) is 139 cm³/mol. The Bertz CT molecular complexity index is 519. The molecule has 30 heavy (non-hydrogen) atoms. The quantitative estimate of drug-likeness (QED) is 0.199. The molecule has 0 saturated heterocycles. The lowest BCUT2D eigenvalue weighted by atomic mass is 9.84. The Hall–Kier alpha value is -0.526. The summed E-state index contributed by atoms with van der Waals surface area (Å²) in [5, 5.41) is 0. The van der Waals surface area contributed by atoms with E-state index >= 15 is 0 Å². The van der Waals surface area contributed by atoms with Crippen LogP contribution in [0, 0.1) is 41.4 Å². The average Bonchev–Trinajstić information content (AvgIpc) is 2.76. The van der Waals surface area contributed by atoms with Crippen LogP contribution in [0.25, 0.3) is 0 Å². The number of hydrogen-bond donors (Lipinski definition) is 0. The van der Waals surface area contributed by atoms with E-state index in [0.29, 0.717) is 0 Å². The van der Waals surface area contributed by atoms with Crippen molar-refractivity contribution in [1.82, 2.24) is 0 Å². The maximum absolute atomic E-state index is 7.11. The van der Waals surface area contributed by atoms with E-state index in [9.17, 15) is 0 Å². The molecule has 0 aliphatic rings. The van der Waals surface area contributed by atoms with Gasteiger partial charge in [0.05, 0.1) is 12.2 Å². The second-order valence-corrected chi connectivity index (χ2v) is 18.3. The second kappa shape index (κ2) is 14.5. The lowest BCUT2D eigenvalue weighted by molar-refractivity contribution is 0.00703. The molecule has 0 aromatic carbocycles. The Labute approximate surface area is 191 Å².